The first-order valence-electron chi connectivity index (χ1n) is 8.30. The van der Waals surface area contributed by atoms with Gasteiger partial charge in [0.1, 0.15) is 0 Å². The number of allylic oxidation sites excluding steroid dienone is 3. The molecule has 30 heavy (non-hydrogen) atoms. The first-order chi connectivity index (χ1) is 13.2. The normalized spacial score (nSPS) is 34.9. The zero-order chi connectivity index (χ0) is 23.4. The highest BCUT2D eigenvalue weighted by atomic mass is 19.4. The average Bonchev–Trinajstić information content (AvgIpc) is 2.63. The molecular weight excluding hydrogens is 452 g/mol. The Hall–Kier alpha value is -1.44. The van der Waals surface area contributed by atoms with Gasteiger partial charge >= 0.3 is 35.5 Å². The molecule has 1 unspecified atom stereocenters. The fraction of sp³-hybridized carbons (Fsp3) is 0.750. The van der Waals surface area contributed by atoms with Gasteiger partial charge in [-0.3, -0.25) is 0 Å². The number of rotatable bonds is 3. The summed E-state index contributed by atoms with van der Waals surface area (Å²) < 4.78 is 165. The summed E-state index contributed by atoms with van der Waals surface area (Å²) in [7, 11) is 0. The third-order valence-electron chi connectivity index (χ3n) is 5.89. The Labute approximate surface area is 159 Å². The molecule has 2 fully saturated rings. The maximum Gasteiger partial charge on any atom is 0.379 e. The Kier molecular flexibility index (Phi) is 4.39. The van der Waals surface area contributed by atoms with Gasteiger partial charge in [0.15, 0.2) is 0 Å². The van der Waals surface area contributed by atoms with Crippen LogP contribution in [0.15, 0.2) is 23.8 Å². The van der Waals surface area contributed by atoms with Crippen molar-refractivity contribution in [2.75, 3.05) is 0 Å². The highest BCUT2D eigenvalue weighted by Gasteiger charge is 3.06. The van der Waals surface area contributed by atoms with E-state index < -0.39 is 58.2 Å². The van der Waals surface area contributed by atoms with Crippen molar-refractivity contribution in [3.63, 3.8) is 0 Å². The maximum absolute atomic E-state index is 13.9. The molecule has 1 atom stereocenters. The van der Waals surface area contributed by atoms with E-state index in [1.54, 1.807) is 0 Å². The lowest BCUT2D eigenvalue weighted by Crippen LogP contribution is -2.94. The van der Waals surface area contributed by atoms with E-state index in [1.165, 1.54) is 12.2 Å². The van der Waals surface area contributed by atoms with Crippen LogP contribution < -0.4 is 0 Å². The van der Waals surface area contributed by atoms with E-state index in [0.717, 1.165) is 0 Å². The number of hydrogen-bond acceptors (Lipinski definition) is 2. The first kappa shape index (κ1) is 23.2. The quantitative estimate of drug-likeness (QED) is 0.475. The standard InChI is InChI=1S/C16H12F12O2/c17-11(18)9(29,12(19,20)15(11,25)26)8(6-7-4-2-1-3-5-7)10(30)13(21,22)16(27,28)14(10,23)24/h1-2,6-7,29-30H,3-5H2. The van der Waals surface area contributed by atoms with Crippen LogP contribution in [-0.2, 0) is 0 Å². The van der Waals surface area contributed by atoms with Crippen molar-refractivity contribution in [3.05, 3.63) is 23.8 Å². The summed E-state index contributed by atoms with van der Waals surface area (Å²) in [5.74, 6) is -39.7. The Morgan fingerprint density at radius 3 is 1.30 bits per heavy atom. The lowest BCUT2D eigenvalue weighted by molar-refractivity contribution is -0.510. The average molecular weight is 464 g/mol. The molecule has 3 aliphatic carbocycles. The van der Waals surface area contributed by atoms with Crippen LogP contribution in [-0.4, -0.2) is 57.0 Å². The van der Waals surface area contributed by atoms with E-state index in [1.807, 2.05) is 0 Å². The number of halogens is 12. The highest BCUT2D eigenvalue weighted by molar-refractivity contribution is 5.52. The summed E-state index contributed by atoms with van der Waals surface area (Å²) in [5, 5.41) is 19.6. The topological polar surface area (TPSA) is 40.5 Å². The number of alkyl halides is 12. The van der Waals surface area contributed by atoms with Crippen molar-refractivity contribution in [1.82, 2.24) is 0 Å². The molecule has 0 amide bonds. The predicted octanol–water partition coefficient (Wildman–Crippen LogP) is 4.57. The molecule has 2 N–H and O–H groups in total. The second-order valence-corrected chi connectivity index (χ2v) is 7.49. The van der Waals surface area contributed by atoms with Crippen LogP contribution in [0.1, 0.15) is 19.3 Å². The smallest absolute Gasteiger partial charge is 0.374 e. The molecule has 0 saturated heterocycles. The molecular formula is C16H12F12O2. The zero-order valence-electron chi connectivity index (χ0n) is 14.4. The summed E-state index contributed by atoms with van der Waals surface area (Å²) in [6.45, 7) is 0. The summed E-state index contributed by atoms with van der Waals surface area (Å²) in [6.07, 6.45) is 1.75. The van der Waals surface area contributed by atoms with E-state index in [-0.39, 0.29) is 25.3 Å². The van der Waals surface area contributed by atoms with Crippen LogP contribution in [0.5, 0.6) is 0 Å². The molecule has 0 aromatic rings. The Bertz CT molecular complexity index is 725. The SMILES string of the molecule is OC1(C(=CC2CC=CCC2)C2(O)C(F)(F)C(F)(F)C2(F)F)C(F)(F)C(F)(F)C1(F)F. The molecule has 172 valence electrons. The van der Waals surface area contributed by atoms with Gasteiger partial charge in [0.05, 0.1) is 0 Å². The van der Waals surface area contributed by atoms with Crippen molar-refractivity contribution >= 4 is 0 Å². The van der Waals surface area contributed by atoms with Crippen molar-refractivity contribution in [1.29, 1.82) is 0 Å². The van der Waals surface area contributed by atoms with Crippen LogP contribution in [0.25, 0.3) is 0 Å². The second kappa shape index (κ2) is 5.67. The Balaban J connectivity index is 2.30. The third-order valence-corrected chi connectivity index (χ3v) is 5.89. The number of hydrogen-bond donors (Lipinski definition) is 2. The summed E-state index contributed by atoms with van der Waals surface area (Å²) >= 11 is 0. The van der Waals surface area contributed by atoms with Gasteiger partial charge < -0.3 is 10.2 Å². The summed E-state index contributed by atoms with van der Waals surface area (Å²) in [6, 6.07) is 0. The second-order valence-electron chi connectivity index (χ2n) is 7.49. The van der Waals surface area contributed by atoms with Crippen LogP contribution in [0.2, 0.25) is 0 Å². The molecule has 2 saturated carbocycles. The van der Waals surface area contributed by atoms with Gasteiger partial charge in [-0.1, -0.05) is 18.2 Å². The Morgan fingerprint density at radius 1 is 0.633 bits per heavy atom. The lowest BCUT2D eigenvalue weighted by Gasteiger charge is -2.63. The summed E-state index contributed by atoms with van der Waals surface area (Å²) in [5.41, 5.74) is -14.6. The third kappa shape index (κ3) is 1.94. The van der Waals surface area contributed by atoms with Gasteiger partial charge in [0.2, 0.25) is 11.2 Å². The van der Waals surface area contributed by atoms with Gasteiger partial charge in [0, 0.05) is 5.57 Å². The van der Waals surface area contributed by atoms with Crippen LogP contribution in [0.4, 0.5) is 52.7 Å². The number of aliphatic hydroxyl groups is 2. The van der Waals surface area contributed by atoms with Gasteiger partial charge in [-0.15, -0.1) is 0 Å². The van der Waals surface area contributed by atoms with E-state index in [2.05, 4.69) is 0 Å². The molecule has 2 nitrogen and oxygen atoms in total. The van der Waals surface area contributed by atoms with Crippen molar-refractivity contribution < 1.29 is 62.9 Å². The monoisotopic (exact) mass is 464 g/mol. The molecule has 0 aromatic heterocycles. The zero-order valence-corrected chi connectivity index (χ0v) is 14.4. The molecule has 0 spiro atoms. The van der Waals surface area contributed by atoms with Crippen molar-refractivity contribution in [3.8, 4) is 0 Å². The van der Waals surface area contributed by atoms with Crippen LogP contribution in [0.3, 0.4) is 0 Å². The first-order valence-corrected chi connectivity index (χ1v) is 8.30. The molecule has 3 aliphatic rings. The largest absolute Gasteiger partial charge is 0.379 e. The minimum atomic E-state index is -6.41. The maximum atomic E-state index is 13.9. The molecule has 0 heterocycles. The predicted molar refractivity (Wildman–Crippen MR) is 74.1 cm³/mol. The van der Waals surface area contributed by atoms with Gasteiger partial charge in [-0.05, 0) is 25.2 Å². The molecule has 0 aromatic carbocycles. The van der Waals surface area contributed by atoms with Gasteiger partial charge in [-0.2, -0.15) is 52.7 Å². The minimum absolute atomic E-state index is 0.0250. The van der Waals surface area contributed by atoms with E-state index in [0.29, 0.717) is 0 Å². The molecule has 0 aliphatic heterocycles. The molecule has 0 bridgehead atoms. The van der Waals surface area contributed by atoms with E-state index in [4.69, 9.17) is 0 Å². The fourth-order valence-corrected chi connectivity index (χ4v) is 3.96. The van der Waals surface area contributed by atoms with E-state index in [9.17, 15) is 62.9 Å². The lowest BCUT2D eigenvalue weighted by atomic mass is 9.52. The molecule has 3 rings (SSSR count). The van der Waals surface area contributed by atoms with E-state index >= 15 is 0 Å². The minimum Gasteiger partial charge on any atom is -0.374 e. The summed E-state index contributed by atoms with van der Waals surface area (Å²) in [4.78, 5) is 0. The van der Waals surface area contributed by atoms with Crippen LogP contribution in [0, 0.1) is 5.92 Å². The fourth-order valence-electron chi connectivity index (χ4n) is 3.96. The van der Waals surface area contributed by atoms with Crippen LogP contribution >= 0.6 is 0 Å². The van der Waals surface area contributed by atoms with Crippen molar-refractivity contribution in [2.45, 2.75) is 66.0 Å². The van der Waals surface area contributed by atoms with Crippen molar-refractivity contribution in [2.24, 2.45) is 5.92 Å². The molecule has 0 radical (unpaired) electrons. The molecule has 14 heteroatoms. The van der Waals surface area contributed by atoms with Gasteiger partial charge in [-0.25, -0.2) is 0 Å². The highest BCUT2D eigenvalue weighted by Crippen LogP contribution is 2.76. The Morgan fingerprint density at radius 2 is 1.00 bits per heavy atom. The van der Waals surface area contributed by atoms with Gasteiger partial charge in [0.25, 0.3) is 0 Å².